The van der Waals surface area contributed by atoms with Crippen LogP contribution < -0.4 is 4.72 Å². The molecule has 6 nitrogen and oxygen atoms in total. The fraction of sp³-hybridized carbons (Fsp3) is 0.455. The van der Waals surface area contributed by atoms with Crippen LogP contribution in [0.4, 0.5) is 0 Å². The summed E-state index contributed by atoms with van der Waals surface area (Å²) in [5.41, 5.74) is 0. The summed E-state index contributed by atoms with van der Waals surface area (Å²) in [6.07, 6.45) is 2.83. The molecule has 0 saturated carbocycles. The van der Waals surface area contributed by atoms with Crippen molar-refractivity contribution in [2.45, 2.75) is 31.2 Å². The van der Waals surface area contributed by atoms with Gasteiger partial charge in [-0.2, -0.15) is 4.72 Å². The van der Waals surface area contributed by atoms with E-state index in [-0.39, 0.29) is 17.2 Å². The molecule has 106 valence electrons. The fourth-order valence-corrected chi connectivity index (χ4v) is 3.17. The first kappa shape index (κ1) is 16.1. The fourth-order valence-electron chi connectivity index (χ4n) is 1.47. The Morgan fingerprint density at radius 3 is 2.58 bits per heavy atom. The van der Waals surface area contributed by atoms with E-state index >= 15 is 0 Å². The second-order valence-corrected chi connectivity index (χ2v) is 7.11. The van der Waals surface area contributed by atoms with Gasteiger partial charge in [0.2, 0.25) is 10.0 Å². The molecule has 1 aromatic heterocycles. The van der Waals surface area contributed by atoms with Gasteiger partial charge in [-0.25, -0.2) is 8.42 Å². The lowest BCUT2D eigenvalue weighted by molar-refractivity contribution is -0.139. The first-order valence-electron chi connectivity index (χ1n) is 5.58. The van der Waals surface area contributed by atoms with Crippen LogP contribution in [0.2, 0.25) is 0 Å². The Balaban J connectivity index is 2.97. The zero-order chi connectivity index (χ0) is 14.6. The van der Waals surface area contributed by atoms with Gasteiger partial charge in [-0.3, -0.25) is 9.78 Å². The van der Waals surface area contributed by atoms with Crippen molar-refractivity contribution < 1.29 is 18.3 Å². The summed E-state index contributed by atoms with van der Waals surface area (Å²) >= 11 is 3.12. The SMILES string of the molecule is CC(C)C[C@@H](NS(=O)(=O)c1cncc(Br)c1)C(=O)O. The number of carboxylic acids is 1. The molecule has 1 aromatic rings. The van der Waals surface area contributed by atoms with Crippen molar-refractivity contribution in [1.29, 1.82) is 0 Å². The molecule has 0 amide bonds. The second kappa shape index (κ2) is 6.44. The Kier molecular flexibility index (Phi) is 5.45. The van der Waals surface area contributed by atoms with Crippen LogP contribution in [0, 0.1) is 5.92 Å². The Labute approximate surface area is 120 Å². The van der Waals surface area contributed by atoms with E-state index in [0.717, 1.165) is 0 Å². The lowest BCUT2D eigenvalue weighted by atomic mass is 10.1. The number of rotatable bonds is 6. The van der Waals surface area contributed by atoms with Crippen molar-refractivity contribution >= 4 is 31.9 Å². The molecule has 0 aromatic carbocycles. The van der Waals surface area contributed by atoms with Crippen molar-refractivity contribution in [3.63, 3.8) is 0 Å². The lowest BCUT2D eigenvalue weighted by Gasteiger charge is -2.16. The van der Waals surface area contributed by atoms with Gasteiger partial charge in [-0.05, 0) is 34.3 Å². The summed E-state index contributed by atoms with van der Waals surface area (Å²) in [6.45, 7) is 3.65. The molecular formula is C11H15BrN2O4S. The van der Waals surface area contributed by atoms with Crippen LogP contribution in [0.3, 0.4) is 0 Å². The number of carboxylic acid groups (broad SMARTS) is 1. The summed E-state index contributed by atoms with van der Waals surface area (Å²) in [4.78, 5) is 14.7. The minimum absolute atomic E-state index is 0.0597. The number of nitrogens with one attached hydrogen (secondary N) is 1. The van der Waals surface area contributed by atoms with Crippen molar-refractivity contribution in [3.8, 4) is 0 Å². The maximum atomic E-state index is 12.0. The van der Waals surface area contributed by atoms with Crippen LogP contribution in [0.15, 0.2) is 27.8 Å². The van der Waals surface area contributed by atoms with Crippen LogP contribution in [-0.4, -0.2) is 30.5 Å². The van der Waals surface area contributed by atoms with E-state index in [9.17, 15) is 13.2 Å². The van der Waals surface area contributed by atoms with Gasteiger partial charge < -0.3 is 5.11 Å². The highest BCUT2D eigenvalue weighted by Crippen LogP contribution is 2.15. The van der Waals surface area contributed by atoms with E-state index < -0.39 is 22.0 Å². The monoisotopic (exact) mass is 350 g/mol. The molecule has 2 N–H and O–H groups in total. The molecule has 8 heteroatoms. The van der Waals surface area contributed by atoms with E-state index in [1.165, 1.54) is 18.5 Å². The Bertz CT molecular complexity index is 560. The molecule has 0 aliphatic heterocycles. The third-order valence-corrected chi connectivity index (χ3v) is 4.17. The Morgan fingerprint density at radius 2 is 2.11 bits per heavy atom. The molecule has 0 spiro atoms. The van der Waals surface area contributed by atoms with E-state index in [2.05, 4.69) is 25.6 Å². The smallest absolute Gasteiger partial charge is 0.321 e. The van der Waals surface area contributed by atoms with Gasteiger partial charge in [0.15, 0.2) is 0 Å². The number of halogens is 1. The summed E-state index contributed by atoms with van der Waals surface area (Å²) in [6, 6.07) is 0.216. The highest BCUT2D eigenvalue weighted by Gasteiger charge is 2.26. The molecule has 1 rings (SSSR count). The molecule has 0 fully saturated rings. The average molecular weight is 351 g/mol. The normalized spacial score (nSPS) is 13.5. The zero-order valence-electron chi connectivity index (χ0n) is 10.5. The lowest BCUT2D eigenvalue weighted by Crippen LogP contribution is -2.41. The number of nitrogens with zero attached hydrogens (tertiary/aromatic N) is 1. The highest BCUT2D eigenvalue weighted by atomic mass is 79.9. The van der Waals surface area contributed by atoms with Gasteiger partial charge in [-0.1, -0.05) is 13.8 Å². The summed E-state index contributed by atoms with van der Waals surface area (Å²) < 4.78 is 26.8. The van der Waals surface area contributed by atoms with Crippen LogP contribution in [0.5, 0.6) is 0 Å². The molecular weight excluding hydrogens is 336 g/mol. The first-order chi connectivity index (χ1) is 8.72. The van der Waals surface area contributed by atoms with Gasteiger partial charge in [-0.15, -0.1) is 0 Å². The molecule has 0 aliphatic carbocycles. The molecule has 0 radical (unpaired) electrons. The number of aliphatic carboxylic acids is 1. The van der Waals surface area contributed by atoms with Crippen LogP contribution in [-0.2, 0) is 14.8 Å². The maximum Gasteiger partial charge on any atom is 0.321 e. The van der Waals surface area contributed by atoms with Crippen molar-refractivity contribution in [3.05, 3.63) is 22.9 Å². The quantitative estimate of drug-likeness (QED) is 0.812. The summed E-state index contributed by atoms with van der Waals surface area (Å²) in [5.74, 6) is -1.13. The molecule has 0 unspecified atom stereocenters. The molecule has 1 atom stereocenters. The molecule has 19 heavy (non-hydrogen) atoms. The van der Waals surface area contributed by atoms with Gasteiger partial charge >= 0.3 is 5.97 Å². The van der Waals surface area contributed by atoms with E-state index in [1.54, 1.807) is 0 Å². The number of pyridine rings is 1. The zero-order valence-corrected chi connectivity index (χ0v) is 12.9. The number of hydrogen-bond acceptors (Lipinski definition) is 4. The van der Waals surface area contributed by atoms with E-state index in [4.69, 9.17) is 5.11 Å². The van der Waals surface area contributed by atoms with Crippen molar-refractivity contribution in [1.82, 2.24) is 9.71 Å². The Hall–Kier alpha value is -0.990. The van der Waals surface area contributed by atoms with Gasteiger partial charge in [0.1, 0.15) is 10.9 Å². The Morgan fingerprint density at radius 1 is 1.47 bits per heavy atom. The molecule has 0 aliphatic rings. The predicted molar refractivity (Wildman–Crippen MR) is 73.1 cm³/mol. The number of aromatic nitrogens is 1. The molecule has 0 bridgehead atoms. The van der Waals surface area contributed by atoms with E-state index in [0.29, 0.717) is 4.47 Å². The van der Waals surface area contributed by atoms with Crippen LogP contribution in [0.25, 0.3) is 0 Å². The topological polar surface area (TPSA) is 96.4 Å². The standard InChI is InChI=1S/C11H15BrN2O4S/c1-7(2)3-10(11(15)16)14-19(17,18)9-4-8(12)5-13-6-9/h4-7,10,14H,3H2,1-2H3,(H,15,16)/t10-/m1/s1. The van der Waals surface area contributed by atoms with Crippen LogP contribution in [0.1, 0.15) is 20.3 Å². The third-order valence-electron chi connectivity index (χ3n) is 2.29. The second-order valence-electron chi connectivity index (χ2n) is 4.48. The molecule has 1 heterocycles. The van der Waals surface area contributed by atoms with Gasteiger partial charge in [0, 0.05) is 16.9 Å². The first-order valence-corrected chi connectivity index (χ1v) is 7.85. The van der Waals surface area contributed by atoms with Crippen LogP contribution >= 0.6 is 15.9 Å². The van der Waals surface area contributed by atoms with Gasteiger partial charge in [0.25, 0.3) is 0 Å². The van der Waals surface area contributed by atoms with E-state index in [1.807, 2.05) is 13.8 Å². The summed E-state index contributed by atoms with van der Waals surface area (Å²) in [5, 5.41) is 9.04. The average Bonchev–Trinajstić information content (AvgIpc) is 2.27. The minimum Gasteiger partial charge on any atom is -0.480 e. The number of carbonyl (C=O) groups is 1. The predicted octanol–water partition coefficient (Wildman–Crippen LogP) is 1.62. The highest BCUT2D eigenvalue weighted by molar-refractivity contribution is 9.10. The van der Waals surface area contributed by atoms with Gasteiger partial charge in [0.05, 0.1) is 0 Å². The summed E-state index contributed by atoms with van der Waals surface area (Å²) in [7, 11) is -3.90. The van der Waals surface area contributed by atoms with Crippen molar-refractivity contribution in [2.75, 3.05) is 0 Å². The largest absolute Gasteiger partial charge is 0.480 e. The number of hydrogen-bond donors (Lipinski definition) is 2. The molecule has 0 saturated heterocycles. The van der Waals surface area contributed by atoms with Crippen molar-refractivity contribution in [2.24, 2.45) is 5.92 Å². The minimum atomic E-state index is -3.90. The third kappa shape index (κ3) is 4.88. The number of sulfonamides is 1. The maximum absolute atomic E-state index is 12.0.